The van der Waals surface area contributed by atoms with Crippen LogP contribution < -0.4 is 0 Å². The minimum atomic E-state index is -0.0365. The molecule has 2 aromatic rings. The second-order valence-electron chi connectivity index (χ2n) is 5.25. The number of aromatic nitrogens is 3. The fourth-order valence-corrected chi connectivity index (χ4v) is 3.29. The molecular formula is C14H17ClN4O. The van der Waals surface area contributed by atoms with Crippen LogP contribution in [0.25, 0.3) is 5.52 Å². The molecule has 0 N–H and O–H groups in total. The Labute approximate surface area is 122 Å². The number of carbonyl (C=O) groups is 1. The fourth-order valence-electron chi connectivity index (χ4n) is 2.84. The maximum absolute atomic E-state index is 12.7. The molecule has 6 heteroatoms. The molecule has 2 atom stereocenters. The molecule has 1 amide bonds. The number of alkyl halides is 1. The minimum Gasteiger partial charge on any atom is -0.337 e. The van der Waals surface area contributed by atoms with Crippen molar-refractivity contribution in [1.82, 2.24) is 19.5 Å². The van der Waals surface area contributed by atoms with Crippen LogP contribution in [0.3, 0.4) is 0 Å². The van der Waals surface area contributed by atoms with Gasteiger partial charge in [0.05, 0.1) is 28.9 Å². The van der Waals surface area contributed by atoms with Gasteiger partial charge in [-0.3, -0.25) is 9.78 Å². The molecule has 106 valence electrons. The summed E-state index contributed by atoms with van der Waals surface area (Å²) in [5, 5.41) is 4.22. The van der Waals surface area contributed by atoms with Crippen LogP contribution in [0.4, 0.5) is 0 Å². The average molecular weight is 293 g/mol. The van der Waals surface area contributed by atoms with E-state index in [-0.39, 0.29) is 17.3 Å². The van der Waals surface area contributed by atoms with Crippen LogP contribution in [0.15, 0.2) is 24.8 Å². The van der Waals surface area contributed by atoms with E-state index in [0.717, 1.165) is 31.2 Å². The molecule has 2 aromatic heterocycles. The lowest BCUT2D eigenvalue weighted by Crippen LogP contribution is -2.44. The molecule has 1 saturated carbocycles. The average Bonchev–Trinajstić information content (AvgIpc) is 2.90. The lowest BCUT2D eigenvalue weighted by atomic mass is 9.93. The van der Waals surface area contributed by atoms with Crippen LogP contribution in [0.2, 0.25) is 0 Å². The van der Waals surface area contributed by atoms with E-state index < -0.39 is 0 Å². The molecule has 1 aliphatic carbocycles. The smallest absolute Gasteiger partial charge is 0.257 e. The van der Waals surface area contributed by atoms with Gasteiger partial charge in [-0.1, -0.05) is 12.8 Å². The normalized spacial score (nSPS) is 22.9. The Kier molecular flexibility index (Phi) is 3.61. The maximum Gasteiger partial charge on any atom is 0.257 e. The van der Waals surface area contributed by atoms with E-state index in [0.29, 0.717) is 5.56 Å². The molecule has 1 fully saturated rings. The first-order valence-corrected chi connectivity index (χ1v) is 7.30. The lowest BCUT2D eigenvalue weighted by Gasteiger charge is -2.34. The predicted molar refractivity (Wildman–Crippen MR) is 77.0 cm³/mol. The standard InChI is InChI=1S/C14H17ClN4O/c1-18(12-5-3-2-4-11(12)15)14(20)10-8-17-19-7-6-16-9-13(10)19/h6-9,11-12H,2-5H2,1H3. The van der Waals surface area contributed by atoms with Crippen molar-refractivity contribution < 1.29 is 4.79 Å². The number of fused-ring (bicyclic) bond motifs is 1. The first kappa shape index (κ1) is 13.4. The molecule has 0 aliphatic heterocycles. The number of halogens is 1. The molecule has 20 heavy (non-hydrogen) atoms. The highest BCUT2D eigenvalue weighted by Crippen LogP contribution is 2.27. The van der Waals surface area contributed by atoms with Crippen molar-refractivity contribution in [1.29, 1.82) is 0 Å². The van der Waals surface area contributed by atoms with Crippen LogP contribution in [-0.4, -0.2) is 43.9 Å². The van der Waals surface area contributed by atoms with E-state index in [1.807, 2.05) is 7.05 Å². The van der Waals surface area contributed by atoms with E-state index in [4.69, 9.17) is 11.6 Å². The molecule has 0 saturated heterocycles. The summed E-state index contributed by atoms with van der Waals surface area (Å²) in [6.45, 7) is 0. The molecule has 0 aromatic carbocycles. The van der Waals surface area contributed by atoms with Crippen molar-refractivity contribution in [3.05, 3.63) is 30.4 Å². The zero-order chi connectivity index (χ0) is 14.1. The van der Waals surface area contributed by atoms with Crippen molar-refractivity contribution in [3.63, 3.8) is 0 Å². The lowest BCUT2D eigenvalue weighted by molar-refractivity contribution is 0.0702. The topological polar surface area (TPSA) is 50.5 Å². The van der Waals surface area contributed by atoms with Crippen LogP contribution in [0, 0.1) is 0 Å². The highest BCUT2D eigenvalue weighted by Gasteiger charge is 2.30. The third kappa shape index (κ3) is 2.26. The van der Waals surface area contributed by atoms with Gasteiger partial charge in [0.2, 0.25) is 0 Å². The van der Waals surface area contributed by atoms with Gasteiger partial charge in [-0.2, -0.15) is 5.10 Å². The predicted octanol–water partition coefficient (Wildman–Crippen LogP) is 2.35. The largest absolute Gasteiger partial charge is 0.337 e. The third-order valence-electron chi connectivity index (χ3n) is 4.02. The van der Waals surface area contributed by atoms with Gasteiger partial charge in [-0.25, -0.2) is 4.52 Å². The summed E-state index contributed by atoms with van der Waals surface area (Å²) >= 11 is 6.37. The van der Waals surface area contributed by atoms with E-state index >= 15 is 0 Å². The maximum atomic E-state index is 12.7. The van der Waals surface area contributed by atoms with Gasteiger partial charge >= 0.3 is 0 Å². The second kappa shape index (κ2) is 5.40. The van der Waals surface area contributed by atoms with Gasteiger partial charge in [0.15, 0.2) is 0 Å². The van der Waals surface area contributed by atoms with Crippen LogP contribution in [-0.2, 0) is 0 Å². The van der Waals surface area contributed by atoms with E-state index in [9.17, 15) is 4.79 Å². The van der Waals surface area contributed by atoms with Gasteiger partial charge in [-0.05, 0) is 12.8 Å². The van der Waals surface area contributed by atoms with Crippen LogP contribution in [0.5, 0.6) is 0 Å². The Hall–Kier alpha value is -1.62. The van der Waals surface area contributed by atoms with E-state index in [1.54, 1.807) is 34.2 Å². The molecule has 1 aliphatic rings. The van der Waals surface area contributed by atoms with Gasteiger partial charge < -0.3 is 4.90 Å². The quantitative estimate of drug-likeness (QED) is 0.799. The van der Waals surface area contributed by atoms with E-state index in [2.05, 4.69) is 10.1 Å². The zero-order valence-electron chi connectivity index (χ0n) is 11.4. The number of hydrogen-bond donors (Lipinski definition) is 0. The van der Waals surface area contributed by atoms with E-state index in [1.165, 1.54) is 0 Å². The van der Waals surface area contributed by atoms with Gasteiger partial charge in [-0.15, -0.1) is 11.6 Å². The summed E-state index contributed by atoms with van der Waals surface area (Å²) in [5.74, 6) is -0.0365. The number of rotatable bonds is 2. The summed E-state index contributed by atoms with van der Waals surface area (Å²) in [7, 11) is 1.83. The first-order valence-electron chi connectivity index (χ1n) is 6.87. The number of hydrogen-bond acceptors (Lipinski definition) is 3. The molecule has 5 nitrogen and oxygen atoms in total. The van der Waals surface area contributed by atoms with Gasteiger partial charge in [0.1, 0.15) is 0 Å². The SMILES string of the molecule is CN(C(=O)c1cnn2ccncc12)C1CCCCC1Cl. The Morgan fingerprint density at radius 3 is 3.00 bits per heavy atom. The molecule has 0 spiro atoms. The summed E-state index contributed by atoms with van der Waals surface area (Å²) < 4.78 is 1.66. The van der Waals surface area contributed by atoms with Crippen LogP contribution in [0.1, 0.15) is 36.0 Å². The first-order chi connectivity index (χ1) is 9.68. The molecule has 2 unspecified atom stereocenters. The number of amides is 1. The van der Waals surface area contributed by atoms with Gasteiger partial charge in [0.25, 0.3) is 5.91 Å². The minimum absolute atomic E-state index is 0.0365. The Morgan fingerprint density at radius 2 is 2.20 bits per heavy atom. The summed E-state index contributed by atoms with van der Waals surface area (Å²) in [5.41, 5.74) is 1.31. The van der Waals surface area contributed by atoms with Crippen molar-refractivity contribution in [2.45, 2.75) is 37.1 Å². The molecule has 3 rings (SSSR count). The Balaban J connectivity index is 1.88. The number of nitrogens with zero attached hydrogens (tertiary/aromatic N) is 4. The molecular weight excluding hydrogens is 276 g/mol. The summed E-state index contributed by atoms with van der Waals surface area (Å²) in [4.78, 5) is 18.5. The van der Waals surface area contributed by atoms with Crippen LogP contribution >= 0.6 is 11.6 Å². The monoisotopic (exact) mass is 292 g/mol. The zero-order valence-corrected chi connectivity index (χ0v) is 12.1. The Morgan fingerprint density at radius 1 is 1.40 bits per heavy atom. The summed E-state index contributed by atoms with van der Waals surface area (Å²) in [6, 6.07) is 0.101. The molecule has 0 bridgehead atoms. The highest BCUT2D eigenvalue weighted by molar-refractivity contribution is 6.21. The van der Waals surface area contributed by atoms with Crippen molar-refractivity contribution in [3.8, 4) is 0 Å². The molecule has 2 heterocycles. The summed E-state index contributed by atoms with van der Waals surface area (Å²) in [6.07, 6.45) is 10.9. The second-order valence-corrected chi connectivity index (χ2v) is 5.81. The fraction of sp³-hybridized carbons (Fsp3) is 0.500. The van der Waals surface area contributed by atoms with Crippen molar-refractivity contribution in [2.24, 2.45) is 0 Å². The highest BCUT2D eigenvalue weighted by atomic mass is 35.5. The Bertz CT molecular complexity index is 626. The van der Waals surface area contributed by atoms with Gasteiger partial charge in [0, 0.05) is 25.5 Å². The van der Waals surface area contributed by atoms with Crippen molar-refractivity contribution >= 4 is 23.0 Å². The third-order valence-corrected chi connectivity index (χ3v) is 4.53. The molecule has 0 radical (unpaired) electrons. The number of carbonyl (C=O) groups excluding carboxylic acids is 1. The van der Waals surface area contributed by atoms with Crippen molar-refractivity contribution in [2.75, 3.05) is 7.05 Å².